The van der Waals surface area contributed by atoms with Crippen LogP contribution in [0.4, 0.5) is 4.79 Å². The summed E-state index contributed by atoms with van der Waals surface area (Å²) >= 11 is 0. The first-order chi connectivity index (χ1) is 22.5. The predicted octanol–water partition coefficient (Wildman–Crippen LogP) is 1.38. The predicted molar refractivity (Wildman–Crippen MR) is 170 cm³/mol. The summed E-state index contributed by atoms with van der Waals surface area (Å²) in [5, 5.41) is 38.5. The number of benzene rings is 1. The Hall–Kier alpha value is -4.79. The zero-order chi connectivity index (χ0) is 34.3. The molecule has 1 fully saturated rings. The van der Waals surface area contributed by atoms with Crippen molar-refractivity contribution in [2.45, 2.75) is 82.3 Å². The average molecular weight is 657 g/mol. The maximum atomic E-state index is 13.3. The number of aliphatic carboxylic acids is 3. The van der Waals surface area contributed by atoms with Crippen LogP contribution in [-0.2, 0) is 30.4 Å². The van der Waals surface area contributed by atoms with Crippen molar-refractivity contribution in [1.29, 1.82) is 0 Å². The molecule has 1 aromatic carbocycles. The number of nitrogens with zero attached hydrogens (tertiary/aromatic N) is 1. The molecule has 9 N–H and O–H groups in total. The quantitative estimate of drug-likeness (QED) is 0.106. The van der Waals surface area contributed by atoms with Crippen LogP contribution in [0.25, 0.3) is 10.9 Å². The van der Waals surface area contributed by atoms with Gasteiger partial charge in [-0.2, -0.15) is 0 Å². The molecule has 0 aliphatic heterocycles. The third kappa shape index (κ3) is 12.2. The molecule has 3 atom stereocenters. The van der Waals surface area contributed by atoms with Crippen LogP contribution in [0.15, 0.2) is 36.5 Å². The Labute approximate surface area is 272 Å². The molecular formula is C32H44N6O9. The smallest absolute Gasteiger partial charge is 0.326 e. The third-order valence-electron chi connectivity index (χ3n) is 8.36. The number of urea groups is 1. The minimum absolute atomic E-state index is 0.0117. The highest BCUT2D eigenvalue weighted by atomic mass is 16.4. The molecule has 1 aliphatic rings. The summed E-state index contributed by atoms with van der Waals surface area (Å²) in [6.07, 6.45) is 4.87. The van der Waals surface area contributed by atoms with Crippen LogP contribution >= 0.6 is 0 Å². The first-order valence-electron chi connectivity index (χ1n) is 15.8. The summed E-state index contributed by atoms with van der Waals surface area (Å²) < 4.78 is 0. The highest BCUT2D eigenvalue weighted by molar-refractivity contribution is 5.89. The minimum atomic E-state index is -1.50. The normalized spacial score (nSPS) is 17.9. The van der Waals surface area contributed by atoms with Crippen LogP contribution in [0.2, 0.25) is 0 Å². The van der Waals surface area contributed by atoms with Gasteiger partial charge in [0.15, 0.2) is 0 Å². The molecular weight excluding hydrogens is 612 g/mol. The molecule has 4 amide bonds. The van der Waals surface area contributed by atoms with Gasteiger partial charge < -0.3 is 42.3 Å². The Morgan fingerprint density at radius 3 is 2.17 bits per heavy atom. The molecule has 1 saturated carbocycles. The highest BCUT2D eigenvalue weighted by Gasteiger charge is 2.29. The van der Waals surface area contributed by atoms with Crippen LogP contribution in [0, 0.1) is 11.8 Å². The van der Waals surface area contributed by atoms with Crippen LogP contribution in [0.5, 0.6) is 0 Å². The average Bonchev–Trinajstić information content (AvgIpc) is 3.05. The maximum absolute atomic E-state index is 13.3. The molecule has 1 aromatic heterocycles. The second-order valence-corrected chi connectivity index (χ2v) is 11.9. The van der Waals surface area contributed by atoms with Gasteiger partial charge in [0.25, 0.3) is 0 Å². The Bertz CT molecular complexity index is 1410. The van der Waals surface area contributed by atoms with E-state index < -0.39 is 48.5 Å². The van der Waals surface area contributed by atoms with Gasteiger partial charge in [0.2, 0.25) is 11.8 Å². The monoisotopic (exact) mass is 656 g/mol. The number of pyridine rings is 1. The van der Waals surface area contributed by atoms with Gasteiger partial charge in [-0.25, -0.2) is 14.4 Å². The summed E-state index contributed by atoms with van der Waals surface area (Å²) in [7, 11) is 0. The summed E-state index contributed by atoms with van der Waals surface area (Å²) in [5.74, 6) is -4.38. The lowest BCUT2D eigenvalue weighted by atomic mass is 9.81. The number of unbranched alkanes of at least 4 members (excludes halogenated alkanes) is 1. The Balaban J connectivity index is 1.54. The molecule has 0 saturated heterocycles. The van der Waals surface area contributed by atoms with Gasteiger partial charge in [0.05, 0.1) is 5.52 Å². The zero-order valence-corrected chi connectivity index (χ0v) is 26.2. The number of carbonyl (C=O) groups is 6. The highest BCUT2D eigenvalue weighted by Crippen LogP contribution is 2.28. The molecule has 2 aromatic rings. The van der Waals surface area contributed by atoms with Gasteiger partial charge in [0.1, 0.15) is 18.1 Å². The first kappa shape index (κ1) is 36.7. The summed E-state index contributed by atoms with van der Waals surface area (Å²) in [4.78, 5) is 76.8. The lowest BCUT2D eigenvalue weighted by Crippen LogP contribution is -2.51. The van der Waals surface area contributed by atoms with Gasteiger partial charge in [-0.05, 0) is 87.6 Å². The van der Waals surface area contributed by atoms with Crippen molar-refractivity contribution in [3.63, 3.8) is 0 Å². The van der Waals surface area contributed by atoms with Crippen molar-refractivity contribution in [3.8, 4) is 0 Å². The van der Waals surface area contributed by atoms with Gasteiger partial charge in [-0.3, -0.25) is 19.4 Å². The molecule has 1 heterocycles. The van der Waals surface area contributed by atoms with E-state index in [9.17, 15) is 39.0 Å². The number of amides is 4. The number of carbonyl (C=O) groups excluding carboxylic acids is 3. The molecule has 15 nitrogen and oxygen atoms in total. The fourth-order valence-electron chi connectivity index (χ4n) is 5.60. The van der Waals surface area contributed by atoms with E-state index in [-0.39, 0.29) is 50.0 Å². The summed E-state index contributed by atoms with van der Waals surface area (Å²) in [5.41, 5.74) is 7.45. The molecule has 15 heteroatoms. The minimum Gasteiger partial charge on any atom is -0.481 e. The molecule has 0 radical (unpaired) electrons. The molecule has 1 aliphatic carbocycles. The van der Waals surface area contributed by atoms with Crippen LogP contribution in [0.1, 0.15) is 63.4 Å². The molecule has 3 rings (SSSR count). The zero-order valence-electron chi connectivity index (χ0n) is 26.2. The number of carboxylic acids is 3. The summed E-state index contributed by atoms with van der Waals surface area (Å²) in [6, 6.07) is 4.66. The number of aromatic nitrogens is 1. The fraction of sp³-hybridized carbons (Fsp3) is 0.531. The van der Waals surface area contributed by atoms with E-state index in [4.69, 9.17) is 10.8 Å². The van der Waals surface area contributed by atoms with E-state index >= 15 is 0 Å². The topological polar surface area (TPSA) is 250 Å². The maximum Gasteiger partial charge on any atom is 0.326 e. The number of fused-ring (bicyclic) bond motifs is 1. The van der Waals surface area contributed by atoms with Crippen molar-refractivity contribution in [2.24, 2.45) is 17.6 Å². The van der Waals surface area contributed by atoms with E-state index in [1.54, 1.807) is 6.20 Å². The van der Waals surface area contributed by atoms with Crippen molar-refractivity contribution in [1.82, 2.24) is 26.3 Å². The SMILES string of the molecule is NCC1CCC(C(=O)N[C@@H](Cc2ccc3ncccc3c2)C(=O)NCCCC[C@H](NC(=O)N[C@@H](CCC(=O)O)C(=O)O)C(=O)O)CC1. The molecule has 0 unspecified atom stereocenters. The number of nitrogens with one attached hydrogen (secondary N) is 4. The van der Waals surface area contributed by atoms with E-state index in [1.807, 2.05) is 30.3 Å². The van der Waals surface area contributed by atoms with Gasteiger partial charge >= 0.3 is 23.9 Å². The van der Waals surface area contributed by atoms with E-state index in [0.29, 0.717) is 31.7 Å². The summed E-state index contributed by atoms with van der Waals surface area (Å²) in [6.45, 7) is 0.774. The Morgan fingerprint density at radius 1 is 0.851 bits per heavy atom. The Morgan fingerprint density at radius 2 is 1.53 bits per heavy atom. The van der Waals surface area contributed by atoms with Crippen LogP contribution in [0.3, 0.4) is 0 Å². The number of hydrogen-bond acceptors (Lipinski definition) is 8. The van der Waals surface area contributed by atoms with Crippen molar-refractivity contribution in [2.75, 3.05) is 13.1 Å². The van der Waals surface area contributed by atoms with Crippen molar-refractivity contribution >= 4 is 46.7 Å². The standard InChI is InChI=1S/C32H44N6O9/c33-18-19-6-9-21(10-7-19)28(41)36-26(17-20-8-11-23-22(16-20)4-3-15-34-23)29(42)35-14-2-1-5-24(30(43)44)37-32(47)38-25(31(45)46)12-13-27(39)40/h3-4,8,11,15-16,19,21,24-26H,1-2,5-7,9-10,12-14,17-18,33H2,(H,35,42)(H,36,41)(H,39,40)(H,43,44)(H,45,46)(H2,37,38,47)/t19?,21?,24-,25-,26-/m0/s1. The van der Waals surface area contributed by atoms with Crippen LogP contribution in [-0.4, -0.2) is 87.3 Å². The van der Waals surface area contributed by atoms with Crippen molar-refractivity contribution in [3.05, 3.63) is 42.1 Å². The Kier molecular flexibility index (Phi) is 14.3. The molecule has 47 heavy (non-hydrogen) atoms. The number of nitrogens with two attached hydrogens (primary N) is 1. The van der Waals surface area contributed by atoms with E-state index in [2.05, 4.69) is 26.3 Å². The largest absolute Gasteiger partial charge is 0.481 e. The fourth-order valence-corrected chi connectivity index (χ4v) is 5.60. The second kappa shape index (κ2) is 18.4. The third-order valence-corrected chi connectivity index (χ3v) is 8.36. The van der Waals surface area contributed by atoms with Crippen molar-refractivity contribution < 1.29 is 44.1 Å². The molecule has 0 spiro atoms. The number of carboxylic acid groups (broad SMARTS) is 3. The first-order valence-corrected chi connectivity index (χ1v) is 15.8. The van der Waals surface area contributed by atoms with E-state index in [1.165, 1.54) is 0 Å². The molecule has 256 valence electrons. The van der Waals surface area contributed by atoms with Crippen LogP contribution < -0.4 is 27.0 Å². The number of hydrogen-bond donors (Lipinski definition) is 8. The van der Waals surface area contributed by atoms with Gasteiger partial charge in [-0.1, -0.05) is 12.1 Å². The van der Waals surface area contributed by atoms with Gasteiger partial charge in [-0.15, -0.1) is 0 Å². The van der Waals surface area contributed by atoms with E-state index in [0.717, 1.165) is 29.3 Å². The number of rotatable bonds is 18. The van der Waals surface area contributed by atoms with Gasteiger partial charge in [0, 0.05) is 36.9 Å². The second-order valence-electron chi connectivity index (χ2n) is 11.9. The lowest BCUT2D eigenvalue weighted by molar-refractivity contribution is -0.141. The molecule has 0 bridgehead atoms. The lowest BCUT2D eigenvalue weighted by Gasteiger charge is -2.28.